The van der Waals surface area contributed by atoms with Gasteiger partial charge in [-0.05, 0) is 47.5 Å². The molecule has 0 spiro atoms. The van der Waals surface area contributed by atoms with Gasteiger partial charge in [0, 0.05) is 4.47 Å². The number of carbonyl (C=O) groups is 1. The van der Waals surface area contributed by atoms with Crippen LogP contribution in [0.3, 0.4) is 0 Å². The molecule has 7 nitrogen and oxygen atoms in total. The number of hydrogen-bond acceptors (Lipinski definition) is 5. The standard InChI is InChI=1S/C26H22BrN3O4S/c27-21-11-15-24(16-12-21)35(32,33)29-18-23-14-13-22(34-23)17-28-30-26(31)25(19-7-3-1-4-8-19)20-9-5-2-6-10-20/h1-17,25,29H,18H2,(H,30,31)/b28-17-. The van der Waals surface area contributed by atoms with Gasteiger partial charge in [-0.3, -0.25) is 4.79 Å². The first-order valence-electron chi connectivity index (χ1n) is 10.7. The summed E-state index contributed by atoms with van der Waals surface area (Å²) in [5.74, 6) is -0.0218. The van der Waals surface area contributed by atoms with Crippen molar-refractivity contribution >= 4 is 38.1 Å². The summed E-state index contributed by atoms with van der Waals surface area (Å²) in [4.78, 5) is 13.1. The molecule has 0 saturated heterocycles. The quantitative estimate of drug-likeness (QED) is 0.230. The zero-order valence-corrected chi connectivity index (χ0v) is 20.9. The highest BCUT2D eigenvalue weighted by atomic mass is 79.9. The molecule has 0 bridgehead atoms. The van der Waals surface area contributed by atoms with Gasteiger partial charge in [-0.25, -0.2) is 18.6 Å². The Morgan fingerprint density at radius 2 is 1.49 bits per heavy atom. The van der Waals surface area contributed by atoms with Gasteiger partial charge in [-0.2, -0.15) is 5.10 Å². The molecule has 0 fully saturated rings. The zero-order chi connectivity index (χ0) is 24.7. The lowest BCUT2D eigenvalue weighted by Crippen LogP contribution is -2.26. The maximum Gasteiger partial charge on any atom is 0.252 e. The van der Waals surface area contributed by atoms with Gasteiger partial charge in [0.15, 0.2) is 0 Å². The third-order valence-electron chi connectivity index (χ3n) is 5.14. The molecule has 4 rings (SSSR count). The second kappa shape index (κ2) is 11.3. The molecular formula is C26H22BrN3O4S. The van der Waals surface area contributed by atoms with Gasteiger partial charge in [-0.15, -0.1) is 0 Å². The van der Waals surface area contributed by atoms with Crippen molar-refractivity contribution in [2.75, 3.05) is 0 Å². The predicted molar refractivity (Wildman–Crippen MR) is 137 cm³/mol. The molecular weight excluding hydrogens is 530 g/mol. The van der Waals surface area contributed by atoms with Gasteiger partial charge in [0.2, 0.25) is 10.0 Å². The third kappa shape index (κ3) is 6.54. The number of hydrogen-bond donors (Lipinski definition) is 2. The number of benzene rings is 3. The molecule has 0 aliphatic rings. The van der Waals surface area contributed by atoms with Crippen molar-refractivity contribution in [3.05, 3.63) is 124 Å². The molecule has 0 saturated carbocycles. The Kier molecular flexibility index (Phi) is 7.91. The molecule has 0 aliphatic carbocycles. The molecule has 178 valence electrons. The largest absolute Gasteiger partial charge is 0.459 e. The van der Waals surface area contributed by atoms with E-state index in [4.69, 9.17) is 4.42 Å². The molecule has 1 amide bonds. The summed E-state index contributed by atoms with van der Waals surface area (Å²) in [6, 6.07) is 28.5. The van der Waals surface area contributed by atoms with Crippen LogP contribution in [0, 0.1) is 0 Å². The Balaban J connectivity index is 1.38. The fourth-order valence-corrected chi connectivity index (χ4v) is 4.69. The molecule has 0 atom stereocenters. The van der Waals surface area contributed by atoms with Crippen LogP contribution in [-0.2, 0) is 21.4 Å². The second-order valence-electron chi connectivity index (χ2n) is 7.57. The third-order valence-corrected chi connectivity index (χ3v) is 7.08. The maximum absolute atomic E-state index is 13.0. The van der Waals surface area contributed by atoms with Crippen LogP contribution >= 0.6 is 15.9 Å². The number of rotatable bonds is 9. The highest BCUT2D eigenvalue weighted by molar-refractivity contribution is 9.10. The van der Waals surface area contributed by atoms with Crippen LogP contribution in [-0.4, -0.2) is 20.5 Å². The average Bonchev–Trinajstić information content (AvgIpc) is 3.32. The molecule has 9 heteroatoms. The topological polar surface area (TPSA) is 101 Å². The lowest BCUT2D eigenvalue weighted by atomic mass is 9.91. The van der Waals surface area contributed by atoms with Crippen molar-refractivity contribution in [3.63, 3.8) is 0 Å². The van der Waals surface area contributed by atoms with Crippen molar-refractivity contribution in [3.8, 4) is 0 Å². The maximum atomic E-state index is 13.0. The van der Waals surface area contributed by atoms with Crippen molar-refractivity contribution in [2.45, 2.75) is 17.4 Å². The Bertz CT molecular complexity index is 1360. The van der Waals surface area contributed by atoms with Crippen LogP contribution in [0.4, 0.5) is 0 Å². The minimum Gasteiger partial charge on any atom is -0.459 e. The fraction of sp³-hybridized carbons (Fsp3) is 0.0769. The number of nitrogens with one attached hydrogen (secondary N) is 2. The van der Waals surface area contributed by atoms with E-state index >= 15 is 0 Å². The Labute approximate surface area is 212 Å². The number of furan rings is 1. The Morgan fingerprint density at radius 3 is 2.09 bits per heavy atom. The molecule has 4 aromatic rings. The first-order valence-corrected chi connectivity index (χ1v) is 13.0. The molecule has 0 aliphatic heterocycles. The lowest BCUT2D eigenvalue weighted by molar-refractivity contribution is -0.121. The number of carbonyl (C=O) groups excluding carboxylic acids is 1. The van der Waals surface area contributed by atoms with E-state index in [1.54, 1.807) is 24.3 Å². The van der Waals surface area contributed by atoms with Gasteiger partial charge in [0.05, 0.1) is 23.6 Å². The van der Waals surface area contributed by atoms with E-state index in [0.29, 0.717) is 11.5 Å². The monoisotopic (exact) mass is 551 g/mol. The van der Waals surface area contributed by atoms with E-state index in [-0.39, 0.29) is 17.3 Å². The van der Waals surface area contributed by atoms with E-state index < -0.39 is 15.9 Å². The summed E-state index contributed by atoms with van der Waals surface area (Å²) in [5.41, 5.74) is 4.28. The van der Waals surface area contributed by atoms with Crippen LogP contribution < -0.4 is 10.1 Å². The van der Waals surface area contributed by atoms with Crippen molar-refractivity contribution < 1.29 is 17.6 Å². The zero-order valence-electron chi connectivity index (χ0n) is 18.5. The number of hydrazone groups is 1. The smallest absolute Gasteiger partial charge is 0.252 e. The second-order valence-corrected chi connectivity index (χ2v) is 10.3. The molecule has 0 radical (unpaired) electrons. The van der Waals surface area contributed by atoms with Crippen LogP contribution in [0.5, 0.6) is 0 Å². The molecule has 1 heterocycles. The number of halogens is 1. The first-order chi connectivity index (χ1) is 16.9. The predicted octanol–water partition coefficient (Wildman–Crippen LogP) is 4.80. The van der Waals surface area contributed by atoms with E-state index in [1.807, 2.05) is 60.7 Å². The lowest BCUT2D eigenvalue weighted by Gasteiger charge is -2.16. The minimum absolute atomic E-state index is 0.0251. The Morgan fingerprint density at radius 1 is 0.886 bits per heavy atom. The minimum atomic E-state index is -3.68. The van der Waals surface area contributed by atoms with Gasteiger partial charge in [0.1, 0.15) is 11.5 Å². The first kappa shape index (κ1) is 24.6. The number of nitrogens with zero attached hydrogens (tertiary/aromatic N) is 1. The Hall–Kier alpha value is -3.53. The normalized spacial score (nSPS) is 11.7. The van der Waals surface area contributed by atoms with Gasteiger partial charge >= 0.3 is 0 Å². The number of amides is 1. The van der Waals surface area contributed by atoms with Crippen LogP contribution in [0.1, 0.15) is 28.6 Å². The van der Waals surface area contributed by atoms with E-state index in [1.165, 1.54) is 18.3 Å². The van der Waals surface area contributed by atoms with Gasteiger partial charge < -0.3 is 4.42 Å². The van der Waals surface area contributed by atoms with Crippen LogP contribution in [0.25, 0.3) is 0 Å². The average molecular weight is 552 g/mol. The summed E-state index contributed by atoms with van der Waals surface area (Å²) < 4.78 is 33.8. The molecule has 3 aromatic carbocycles. The highest BCUT2D eigenvalue weighted by Crippen LogP contribution is 2.24. The van der Waals surface area contributed by atoms with E-state index in [9.17, 15) is 13.2 Å². The number of sulfonamides is 1. The highest BCUT2D eigenvalue weighted by Gasteiger charge is 2.22. The summed E-state index contributed by atoms with van der Waals surface area (Å²) >= 11 is 3.28. The summed E-state index contributed by atoms with van der Waals surface area (Å²) in [6.45, 7) is -0.0251. The van der Waals surface area contributed by atoms with Crippen molar-refractivity contribution in [1.29, 1.82) is 0 Å². The SMILES string of the molecule is O=C(N/N=C\c1ccc(CNS(=O)(=O)c2ccc(Br)cc2)o1)C(c1ccccc1)c1ccccc1. The summed E-state index contributed by atoms with van der Waals surface area (Å²) in [7, 11) is -3.68. The van der Waals surface area contributed by atoms with Gasteiger partial charge in [-0.1, -0.05) is 76.6 Å². The van der Waals surface area contributed by atoms with Crippen LogP contribution in [0.15, 0.2) is 116 Å². The van der Waals surface area contributed by atoms with Crippen molar-refractivity contribution in [1.82, 2.24) is 10.1 Å². The summed E-state index contributed by atoms with van der Waals surface area (Å²) in [6.07, 6.45) is 1.37. The van der Waals surface area contributed by atoms with E-state index in [2.05, 4.69) is 31.2 Å². The molecule has 2 N–H and O–H groups in total. The molecule has 35 heavy (non-hydrogen) atoms. The van der Waals surface area contributed by atoms with E-state index in [0.717, 1.165) is 15.6 Å². The van der Waals surface area contributed by atoms with Crippen molar-refractivity contribution in [2.24, 2.45) is 5.10 Å². The van der Waals surface area contributed by atoms with Crippen LogP contribution in [0.2, 0.25) is 0 Å². The summed E-state index contributed by atoms with van der Waals surface area (Å²) in [5, 5.41) is 4.03. The van der Waals surface area contributed by atoms with Gasteiger partial charge in [0.25, 0.3) is 5.91 Å². The fourth-order valence-electron chi connectivity index (χ4n) is 3.43. The molecule has 0 unspecified atom stereocenters. The molecule has 1 aromatic heterocycles.